The van der Waals surface area contributed by atoms with Crippen molar-refractivity contribution in [3.8, 4) is 11.8 Å². The first-order valence-electron chi connectivity index (χ1n) is 6.17. The third kappa shape index (κ3) is 3.25. The molecule has 0 amide bonds. The Kier molecular flexibility index (Phi) is 4.94. The number of Topliss-reactive ketones (excluding diaryl/α,β-unsaturated/α-hetero) is 1. The van der Waals surface area contributed by atoms with E-state index >= 15 is 0 Å². The normalized spacial score (nSPS) is 9.89. The minimum atomic E-state index is -0.0720. The summed E-state index contributed by atoms with van der Waals surface area (Å²) in [6, 6.07) is 3.86. The van der Waals surface area contributed by atoms with E-state index in [1.165, 1.54) is 0 Å². The quantitative estimate of drug-likeness (QED) is 0.816. The number of anilines is 1. The average Bonchev–Trinajstić information content (AvgIpc) is 2.34. The summed E-state index contributed by atoms with van der Waals surface area (Å²) in [5.74, 6) is 0.785. The summed E-state index contributed by atoms with van der Waals surface area (Å²) >= 11 is 0. The van der Waals surface area contributed by atoms with Crippen molar-refractivity contribution in [3.05, 3.63) is 22.8 Å². The second kappa shape index (κ2) is 6.24. The highest BCUT2D eigenvalue weighted by atomic mass is 16.5. The van der Waals surface area contributed by atoms with E-state index in [0.29, 0.717) is 0 Å². The molecule has 0 radical (unpaired) electrons. The number of rotatable bonds is 5. The number of hydrogen-bond donors (Lipinski definition) is 0. The standard InChI is InChI=1S/C15H20N2O2/c1-10-8-14(19-5)11(2)12(3)15(10)17(4)9-13(18)6-7-16/h8H,6,9H2,1-5H3. The molecular weight excluding hydrogens is 240 g/mol. The van der Waals surface area contributed by atoms with Gasteiger partial charge in [0.15, 0.2) is 5.78 Å². The van der Waals surface area contributed by atoms with Gasteiger partial charge in [-0.3, -0.25) is 4.79 Å². The van der Waals surface area contributed by atoms with Crippen LogP contribution in [0.1, 0.15) is 23.1 Å². The Morgan fingerprint density at radius 2 is 2.00 bits per heavy atom. The van der Waals surface area contributed by atoms with E-state index < -0.39 is 0 Å². The Bertz CT molecular complexity index is 530. The molecule has 0 aliphatic rings. The number of ether oxygens (including phenoxy) is 1. The minimum absolute atomic E-state index is 0.0441. The topological polar surface area (TPSA) is 53.3 Å². The number of aryl methyl sites for hydroxylation is 1. The van der Waals surface area contributed by atoms with Crippen molar-refractivity contribution in [1.29, 1.82) is 5.26 Å². The first-order chi connectivity index (χ1) is 8.92. The number of benzene rings is 1. The smallest absolute Gasteiger partial charge is 0.166 e. The fraction of sp³-hybridized carbons (Fsp3) is 0.467. The number of nitrogens with zero attached hydrogens (tertiary/aromatic N) is 2. The van der Waals surface area contributed by atoms with Crippen LogP contribution in [0.2, 0.25) is 0 Å². The summed E-state index contributed by atoms with van der Waals surface area (Å²) in [6.45, 7) is 6.27. The van der Waals surface area contributed by atoms with Crippen LogP contribution in [0.25, 0.3) is 0 Å². The Hall–Kier alpha value is -2.02. The molecule has 0 aromatic heterocycles. The number of ketones is 1. The summed E-state index contributed by atoms with van der Waals surface area (Å²) in [5.41, 5.74) is 4.27. The molecule has 0 saturated carbocycles. The Balaban J connectivity index is 3.11. The van der Waals surface area contributed by atoms with Crippen molar-refractivity contribution in [2.45, 2.75) is 27.2 Å². The molecule has 0 saturated heterocycles. The van der Waals surface area contributed by atoms with Gasteiger partial charge < -0.3 is 9.64 Å². The maximum Gasteiger partial charge on any atom is 0.166 e. The molecule has 0 bridgehead atoms. The molecule has 19 heavy (non-hydrogen) atoms. The first kappa shape index (κ1) is 15.0. The van der Waals surface area contributed by atoms with Crippen LogP contribution in [0, 0.1) is 32.1 Å². The van der Waals surface area contributed by atoms with E-state index in [0.717, 1.165) is 28.1 Å². The highest BCUT2D eigenvalue weighted by Crippen LogP contribution is 2.33. The van der Waals surface area contributed by atoms with E-state index in [4.69, 9.17) is 10.00 Å². The zero-order chi connectivity index (χ0) is 14.6. The third-order valence-electron chi connectivity index (χ3n) is 3.30. The molecule has 0 N–H and O–H groups in total. The second-order valence-corrected chi connectivity index (χ2v) is 4.72. The van der Waals surface area contributed by atoms with Gasteiger partial charge in [0.25, 0.3) is 0 Å². The molecule has 0 aliphatic carbocycles. The number of methoxy groups -OCH3 is 1. The molecule has 4 nitrogen and oxygen atoms in total. The van der Waals surface area contributed by atoms with Crippen molar-refractivity contribution >= 4 is 11.5 Å². The van der Waals surface area contributed by atoms with Gasteiger partial charge in [-0.15, -0.1) is 0 Å². The van der Waals surface area contributed by atoms with Gasteiger partial charge in [-0.05, 0) is 43.5 Å². The van der Waals surface area contributed by atoms with Crippen LogP contribution >= 0.6 is 0 Å². The maximum atomic E-state index is 11.6. The van der Waals surface area contributed by atoms with E-state index in [9.17, 15) is 4.79 Å². The van der Waals surface area contributed by atoms with Gasteiger partial charge in [0.1, 0.15) is 5.75 Å². The predicted molar refractivity (Wildman–Crippen MR) is 75.7 cm³/mol. The summed E-state index contributed by atoms with van der Waals surface area (Å²) in [5, 5.41) is 8.54. The molecule has 1 rings (SSSR count). The van der Waals surface area contributed by atoms with Gasteiger partial charge in [-0.25, -0.2) is 0 Å². The lowest BCUT2D eigenvalue weighted by molar-refractivity contribution is -0.116. The summed E-state index contributed by atoms with van der Waals surface area (Å²) in [7, 11) is 3.53. The molecule has 0 spiro atoms. The van der Waals surface area contributed by atoms with Crippen molar-refractivity contribution in [1.82, 2.24) is 0 Å². The number of nitriles is 1. The molecule has 0 aliphatic heterocycles. The molecule has 1 aromatic carbocycles. The van der Waals surface area contributed by atoms with Crippen molar-refractivity contribution in [3.63, 3.8) is 0 Å². The highest BCUT2D eigenvalue weighted by molar-refractivity contribution is 5.85. The predicted octanol–water partition coefficient (Wildman–Crippen LogP) is 2.54. The van der Waals surface area contributed by atoms with Crippen LogP contribution in [0.15, 0.2) is 6.07 Å². The molecule has 1 aromatic rings. The summed E-state index contributed by atoms with van der Waals surface area (Å²) in [6.07, 6.45) is -0.0441. The van der Waals surface area contributed by atoms with E-state index in [2.05, 4.69) is 0 Å². The first-order valence-corrected chi connectivity index (χ1v) is 6.17. The fourth-order valence-electron chi connectivity index (χ4n) is 2.32. The fourth-order valence-corrected chi connectivity index (χ4v) is 2.32. The van der Waals surface area contributed by atoms with Crippen molar-refractivity contribution < 1.29 is 9.53 Å². The molecule has 4 heteroatoms. The Morgan fingerprint density at radius 1 is 1.37 bits per heavy atom. The molecule has 0 fully saturated rings. The lowest BCUT2D eigenvalue weighted by Crippen LogP contribution is -2.26. The van der Waals surface area contributed by atoms with Gasteiger partial charge in [-0.1, -0.05) is 0 Å². The summed E-state index contributed by atoms with van der Waals surface area (Å²) in [4.78, 5) is 13.5. The third-order valence-corrected chi connectivity index (χ3v) is 3.30. The zero-order valence-corrected chi connectivity index (χ0v) is 12.2. The van der Waals surface area contributed by atoms with E-state index in [1.807, 2.05) is 44.9 Å². The van der Waals surface area contributed by atoms with Gasteiger partial charge in [0, 0.05) is 12.7 Å². The average molecular weight is 260 g/mol. The van der Waals surface area contributed by atoms with Gasteiger partial charge in [-0.2, -0.15) is 5.26 Å². The number of hydrogen-bond acceptors (Lipinski definition) is 4. The second-order valence-electron chi connectivity index (χ2n) is 4.72. The van der Waals surface area contributed by atoms with Gasteiger partial charge in [0.05, 0.1) is 26.1 Å². The van der Waals surface area contributed by atoms with Crippen molar-refractivity contribution in [2.75, 3.05) is 25.6 Å². The SMILES string of the molecule is COc1cc(C)c(N(C)CC(=O)CC#N)c(C)c1C. The van der Waals surface area contributed by atoms with Crippen LogP contribution in [-0.2, 0) is 4.79 Å². The Labute approximate surface area is 114 Å². The zero-order valence-electron chi connectivity index (χ0n) is 12.2. The number of carbonyl (C=O) groups is 1. The minimum Gasteiger partial charge on any atom is -0.496 e. The molecule has 0 atom stereocenters. The molecular formula is C15H20N2O2. The molecule has 0 heterocycles. The number of likely N-dealkylation sites (N-methyl/N-ethyl adjacent to an activating group) is 1. The largest absolute Gasteiger partial charge is 0.496 e. The van der Waals surface area contributed by atoms with Crippen LogP contribution < -0.4 is 9.64 Å². The van der Waals surface area contributed by atoms with Gasteiger partial charge >= 0.3 is 0 Å². The number of carbonyl (C=O) groups excluding carboxylic acids is 1. The van der Waals surface area contributed by atoms with E-state index in [1.54, 1.807) is 7.11 Å². The molecule has 102 valence electrons. The van der Waals surface area contributed by atoms with E-state index in [-0.39, 0.29) is 18.7 Å². The van der Waals surface area contributed by atoms with Crippen molar-refractivity contribution in [2.24, 2.45) is 0 Å². The van der Waals surface area contributed by atoms with Crippen LogP contribution in [0.4, 0.5) is 5.69 Å². The molecule has 0 unspecified atom stereocenters. The Morgan fingerprint density at radius 3 is 2.53 bits per heavy atom. The monoisotopic (exact) mass is 260 g/mol. The lowest BCUT2D eigenvalue weighted by Gasteiger charge is -2.25. The highest BCUT2D eigenvalue weighted by Gasteiger charge is 2.15. The van der Waals surface area contributed by atoms with Gasteiger partial charge in [0.2, 0.25) is 0 Å². The summed E-state index contributed by atoms with van der Waals surface area (Å²) < 4.78 is 5.33. The van der Waals surface area contributed by atoms with Crippen LogP contribution in [0.5, 0.6) is 5.75 Å². The maximum absolute atomic E-state index is 11.6. The lowest BCUT2D eigenvalue weighted by atomic mass is 10.0. The van der Waals surface area contributed by atoms with Crippen LogP contribution in [-0.4, -0.2) is 26.5 Å². The van der Waals surface area contributed by atoms with Crippen LogP contribution in [0.3, 0.4) is 0 Å².